The number of benzene rings is 2. The van der Waals surface area contributed by atoms with Gasteiger partial charge >= 0.3 is 0 Å². The molecule has 0 saturated heterocycles. The molecule has 2 aromatic carbocycles. The predicted molar refractivity (Wildman–Crippen MR) is 85.8 cm³/mol. The average molecular weight is 284 g/mol. The third-order valence-corrected chi connectivity index (χ3v) is 5.39. The monoisotopic (exact) mass is 284 g/mol. The molecule has 0 radical (unpaired) electrons. The van der Waals surface area contributed by atoms with Crippen molar-refractivity contribution in [2.75, 3.05) is 7.11 Å². The Kier molecular flexibility index (Phi) is 4.09. The third kappa shape index (κ3) is 2.99. The van der Waals surface area contributed by atoms with E-state index in [4.69, 9.17) is 4.74 Å². The van der Waals surface area contributed by atoms with E-state index in [9.17, 15) is 4.79 Å². The van der Waals surface area contributed by atoms with E-state index in [1.165, 1.54) is 5.19 Å². The standard InChI is InChI=1S/C17H20O2Si/c1-19-16-12-14(20(2,3)4)10-11-15(16)17(18)13-8-6-5-7-9-13/h5-12H,1-4H3. The summed E-state index contributed by atoms with van der Waals surface area (Å²) in [5.74, 6) is 0.670. The van der Waals surface area contributed by atoms with Crippen LogP contribution in [0, 0.1) is 0 Å². The quantitative estimate of drug-likeness (QED) is 0.635. The van der Waals surface area contributed by atoms with E-state index in [1.807, 2.05) is 42.5 Å². The van der Waals surface area contributed by atoms with E-state index in [-0.39, 0.29) is 5.78 Å². The molecular formula is C17H20O2Si. The first kappa shape index (κ1) is 14.5. The second-order valence-electron chi connectivity index (χ2n) is 5.86. The average Bonchev–Trinajstić information content (AvgIpc) is 2.45. The smallest absolute Gasteiger partial charge is 0.196 e. The molecule has 0 aromatic heterocycles. The van der Waals surface area contributed by atoms with Gasteiger partial charge in [0.05, 0.1) is 20.7 Å². The SMILES string of the molecule is COc1cc([Si](C)(C)C)ccc1C(=O)c1ccccc1. The van der Waals surface area contributed by atoms with Gasteiger partial charge in [-0.15, -0.1) is 0 Å². The van der Waals surface area contributed by atoms with Gasteiger partial charge in [0.1, 0.15) is 5.75 Å². The van der Waals surface area contributed by atoms with Crippen LogP contribution in [-0.4, -0.2) is 21.0 Å². The van der Waals surface area contributed by atoms with Crippen LogP contribution in [0.1, 0.15) is 15.9 Å². The molecule has 0 aliphatic carbocycles. The van der Waals surface area contributed by atoms with Crippen molar-refractivity contribution >= 4 is 19.0 Å². The van der Waals surface area contributed by atoms with E-state index >= 15 is 0 Å². The minimum Gasteiger partial charge on any atom is -0.496 e. The van der Waals surface area contributed by atoms with Gasteiger partial charge in [-0.05, 0) is 12.1 Å². The molecule has 0 spiro atoms. The highest BCUT2D eigenvalue weighted by atomic mass is 28.3. The lowest BCUT2D eigenvalue weighted by Crippen LogP contribution is -2.37. The first-order valence-corrected chi connectivity index (χ1v) is 10.2. The normalized spacial score (nSPS) is 11.2. The van der Waals surface area contributed by atoms with Crippen molar-refractivity contribution in [3.05, 3.63) is 59.7 Å². The maximum Gasteiger partial charge on any atom is 0.196 e. The molecule has 20 heavy (non-hydrogen) atoms. The Hall–Kier alpha value is -1.87. The predicted octanol–water partition coefficient (Wildman–Crippen LogP) is 3.47. The summed E-state index contributed by atoms with van der Waals surface area (Å²) in [5, 5.41) is 1.29. The summed E-state index contributed by atoms with van der Waals surface area (Å²) in [6.45, 7) is 6.83. The highest BCUT2D eigenvalue weighted by Gasteiger charge is 2.20. The highest BCUT2D eigenvalue weighted by Crippen LogP contribution is 2.21. The zero-order chi connectivity index (χ0) is 14.8. The fourth-order valence-corrected chi connectivity index (χ4v) is 3.24. The Morgan fingerprint density at radius 3 is 2.20 bits per heavy atom. The van der Waals surface area contributed by atoms with Crippen LogP contribution < -0.4 is 9.92 Å². The second-order valence-corrected chi connectivity index (χ2v) is 10.9. The molecule has 0 N–H and O–H groups in total. The summed E-state index contributed by atoms with van der Waals surface area (Å²) in [6.07, 6.45) is 0. The second kappa shape index (κ2) is 5.63. The molecule has 3 heteroatoms. The van der Waals surface area contributed by atoms with Gasteiger partial charge in [0.15, 0.2) is 5.78 Å². The number of hydrogen-bond donors (Lipinski definition) is 0. The van der Waals surface area contributed by atoms with Gasteiger partial charge in [0, 0.05) is 5.56 Å². The molecule has 0 atom stereocenters. The third-order valence-electron chi connectivity index (χ3n) is 3.35. The Bertz CT molecular complexity index is 613. The van der Waals surface area contributed by atoms with E-state index in [1.54, 1.807) is 7.11 Å². The molecule has 0 aliphatic rings. The van der Waals surface area contributed by atoms with E-state index in [2.05, 4.69) is 25.7 Å². The van der Waals surface area contributed by atoms with Gasteiger partial charge in [-0.2, -0.15) is 0 Å². The highest BCUT2D eigenvalue weighted by molar-refractivity contribution is 6.88. The number of methoxy groups -OCH3 is 1. The van der Waals surface area contributed by atoms with Crippen LogP contribution in [0.25, 0.3) is 0 Å². The maximum atomic E-state index is 12.5. The molecule has 2 aromatic rings. The van der Waals surface area contributed by atoms with Crippen molar-refractivity contribution in [2.24, 2.45) is 0 Å². The van der Waals surface area contributed by atoms with Crippen LogP contribution in [-0.2, 0) is 0 Å². The van der Waals surface area contributed by atoms with Crippen LogP contribution in [0.2, 0.25) is 19.6 Å². The van der Waals surface area contributed by atoms with Gasteiger partial charge < -0.3 is 4.74 Å². The molecule has 2 rings (SSSR count). The number of rotatable bonds is 4. The summed E-state index contributed by atoms with van der Waals surface area (Å²) in [4.78, 5) is 12.5. The molecule has 104 valence electrons. The number of hydrogen-bond acceptors (Lipinski definition) is 2. The lowest BCUT2D eigenvalue weighted by Gasteiger charge is -2.18. The molecule has 0 bridgehead atoms. The van der Waals surface area contributed by atoms with Crippen LogP contribution in [0.15, 0.2) is 48.5 Å². The lowest BCUT2D eigenvalue weighted by atomic mass is 10.0. The van der Waals surface area contributed by atoms with Crippen molar-refractivity contribution < 1.29 is 9.53 Å². The molecule has 2 nitrogen and oxygen atoms in total. The van der Waals surface area contributed by atoms with E-state index < -0.39 is 8.07 Å². The number of ketones is 1. The van der Waals surface area contributed by atoms with Crippen molar-refractivity contribution in [1.82, 2.24) is 0 Å². The summed E-state index contributed by atoms with van der Waals surface area (Å²) in [6, 6.07) is 15.3. The number of ether oxygens (including phenoxy) is 1. The minimum absolute atomic E-state index is 0.00424. The lowest BCUT2D eigenvalue weighted by molar-refractivity contribution is 0.103. The number of carbonyl (C=O) groups excluding carboxylic acids is 1. The minimum atomic E-state index is -1.41. The van der Waals surface area contributed by atoms with Gasteiger partial charge in [0.25, 0.3) is 0 Å². The first-order chi connectivity index (χ1) is 9.43. The Balaban J connectivity index is 2.45. The van der Waals surface area contributed by atoms with Gasteiger partial charge in [-0.1, -0.05) is 61.2 Å². The molecule has 0 aliphatic heterocycles. The van der Waals surface area contributed by atoms with Crippen molar-refractivity contribution in [1.29, 1.82) is 0 Å². The summed E-state index contributed by atoms with van der Waals surface area (Å²) in [5.41, 5.74) is 1.31. The van der Waals surface area contributed by atoms with Gasteiger partial charge in [-0.25, -0.2) is 0 Å². The Labute approximate surface area is 121 Å². The first-order valence-electron chi connectivity index (χ1n) is 6.72. The van der Waals surface area contributed by atoms with Crippen LogP contribution in [0.4, 0.5) is 0 Å². The zero-order valence-electron chi connectivity index (χ0n) is 12.4. The van der Waals surface area contributed by atoms with E-state index in [0.717, 1.165) is 0 Å². The van der Waals surface area contributed by atoms with Crippen molar-refractivity contribution in [3.8, 4) is 5.75 Å². The number of carbonyl (C=O) groups is 1. The topological polar surface area (TPSA) is 26.3 Å². The fourth-order valence-electron chi connectivity index (χ4n) is 2.09. The molecular weight excluding hydrogens is 264 g/mol. The van der Waals surface area contributed by atoms with Gasteiger partial charge in [0.2, 0.25) is 0 Å². The Morgan fingerprint density at radius 1 is 1.00 bits per heavy atom. The molecule has 0 saturated carbocycles. The fraction of sp³-hybridized carbons (Fsp3) is 0.235. The maximum absolute atomic E-state index is 12.5. The van der Waals surface area contributed by atoms with Crippen LogP contribution in [0.5, 0.6) is 5.75 Å². The molecule has 0 fully saturated rings. The summed E-state index contributed by atoms with van der Waals surface area (Å²) >= 11 is 0. The summed E-state index contributed by atoms with van der Waals surface area (Å²) in [7, 11) is 0.207. The van der Waals surface area contributed by atoms with Crippen molar-refractivity contribution in [2.45, 2.75) is 19.6 Å². The summed E-state index contributed by atoms with van der Waals surface area (Å²) < 4.78 is 5.43. The van der Waals surface area contributed by atoms with Crippen LogP contribution in [0.3, 0.4) is 0 Å². The Morgan fingerprint density at radius 2 is 1.65 bits per heavy atom. The van der Waals surface area contributed by atoms with E-state index in [0.29, 0.717) is 16.9 Å². The van der Waals surface area contributed by atoms with Crippen molar-refractivity contribution in [3.63, 3.8) is 0 Å². The molecule has 0 heterocycles. The molecule has 0 unspecified atom stereocenters. The zero-order valence-corrected chi connectivity index (χ0v) is 13.4. The van der Waals surface area contributed by atoms with Crippen LogP contribution >= 0.6 is 0 Å². The molecule has 0 amide bonds. The van der Waals surface area contributed by atoms with Gasteiger partial charge in [-0.3, -0.25) is 4.79 Å². The largest absolute Gasteiger partial charge is 0.496 e.